The molecule has 25 heavy (non-hydrogen) atoms. The highest BCUT2D eigenvalue weighted by Crippen LogP contribution is 2.21. The van der Waals surface area contributed by atoms with Gasteiger partial charge in [0.05, 0.1) is 0 Å². The molecule has 0 amide bonds. The molecule has 0 aliphatic heterocycles. The predicted molar refractivity (Wildman–Crippen MR) is 108 cm³/mol. The van der Waals surface area contributed by atoms with Crippen molar-refractivity contribution in [2.45, 2.75) is 13.1 Å². The third-order valence-corrected chi connectivity index (χ3v) is 7.28. The average Bonchev–Trinajstić information content (AvgIpc) is 2.60. The number of hydrogen-bond donors (Lipinski definition) is 0. The van der Waals surface area contributed by atoms with Crippen molar-refractivity contribution in [3.63, 3.8) is 0 Å². The average molecular weight is 355 g/mol. The molecule has 0 aliphatic carbocycles. The van der Waals surface area contributed by atoms with Crippen LogP contribution in [0.3, 0.4) is 0 Å². The summed E-state index contributed by atoms with van der Waals surface area (Å²) in [5.41, 5.74) is 3.28. The zero-order valence-corrected chi connectivity index (χ0v) is 16.8. The van der Waals surface area contributed by atoms with Crippen molar-refractivity contribution in [3.05, 3.63) is 59.7 Å². The Morgan fingerprint density at radius 3 is 1.16 bits per heavy atom. The van der Waals surface area contributed by atoms with E-state index >= 15 is 0 Å². The summed E-state index contributed by atoms with van der Waals surface area (Å²) in [4.78, 5) is 29.9. The van der Waals surface area contributed by atoms with E-state index in [2.05, 4.69) is 0 Å². The normalized spacial score (nSPS) is 11.1. The number of hydrogen-bond acceptors (Lipinski definition) is 4. The van der Waals surface area contributed by atoms with Crippen molar-refractivity contribution < 1.29 is 9.59 Å². The van der Waals surface area contributed by atoms with Crippen molar-refractivity contribution in [2.24, 2.45) is 0 Å². The van der Waals surface area contributed by atoms with Crippen LogP contribution in [0, 0.1) is 0 Å². The van der Waals surface area contributed by atoms with Gasteiger partial charge in [-0.05, 0) is 48.5 Å². The fourth-order valence-corrected chi connectivity index (χ4v) is 4.63. The van der Waals surface area contributed by atoms with Gasteiger partial charge in [-0.1, -0.05) is 13.1 Å². The molecule has 2 aromatic carbocycles. The first-order valence-corrected chi connectivity index (χ1v) is 11.3. The molecule has 0 radical (unpaired) electrons. The number of benzene rings is 2. The van der Waals surface area contributed by atoms with Gasteiger partial charge in [0.2, 0.25) is 8.07 Å². The van der Waals surface area contributed by atoms with Crippen LogP contribution in [0.15, 0.2) is 48.5 Å². The van der Waals surface area contributed by atoms with Crippen LogP contribution in [0.5, 0.6) is 0 Å². The molecule has 0 aliphatic rings. The van der Waals surface area contributed by atoms with Gasteiger partial charge in [0, 0.05) is 50.7 Å². The van der Waals surface area contributed by atoms with Crippen molar-refractivity contribution in [3.8, 4) is 0 Å². The molecule has 0 fully saturated rings. The Hall–Kier alpha value is -2.40. The van der Waals surface area contributed by atoms with Crippen LogP contribution in [0.1, 0.15) is 20.7 Å². The van der Waals surface area contributed by atoms with Crippen LogP contribution >= 0.6 is 0 Å². The Morgan fingerprint density at radius 1 is 0.640 bits per heavy atom. The smallest absolute Gasteiger partial charge is 0.214 e. The first kappa shape index (κ1) is 18.9. The largest absolute Gasteiger partial charge is 0.378 e. The van der Waals surface area contributed by atoms with Crippen molar-refractivity contribution in [1.29, 1.82) is 0 Å². The van der Waals surface area contributed by atoms with Gasteiger partial charge in [-0.25, -0.2) is 0 Å². The van der Waals surface area contributed by atoms with Gasteiger partial charge in [-0.15, -0.1) is 0 Å². The van der Waals surface area contributed by atoms with Gasteiger partial charge in [0.1, 0.15) is 10.8 Å². The van der Waals surface area contributed by atoms with E-state index in [0.717, 1.165) is 11.4 Å². The van der Waals surface area contributed by atoms with Crippen LogP contribution in [-0.4, -0.2) is 47.1 Å². The third-order valence-electron chi connectivity index (χ3n) is 4.43. The van der Waals surface area contributed by atoms with E-state index in [1.807, 2.05) is 99.6 Å². The van der Waals surface area contributed by atoms with E-state index in [-0.39, 0.29) is 10.8 Å². The van der Waals surface area contributed by atoms with Crippen LogP contribution < -0.4 is 9.80 Å². The van der Waals surface area contributed by atoms with Gasteiger partial charge in [0.25, 0.3) is 0 Å². The number of anilines is 2. The minimum Gasteiger partial charge on any atom is -0.378 e. The van der Waals surface area contributed by atoms with E-state index < -0.39 is 8.07 Å². The maximum absolute atomic E-state index is 13.0. The fourth-order valence-electron chi connectivity index (χ4n) is 2.65. The van der Waals surface area contributed by atoms with Crippen LogP contribution in [0.25, 0.3) is 0 Å². The topological polar surface area (TPSA) is 40.6 Å². The highest BCUT2D eigenvalue weighted by atomic mass is 28.3. The summed E-state index contributed by atoms with van der Waals surface area (Å²) >= 11 is 0. The molecule has 2 rings (SSSR count). The molecule has 0 spiro atoms. The van der Waals surface area contributed by atoms with Gasteiger partial charge in [0.15, 0.2) is 0 Å². The maximum atomic E-state index is 13.0. The Morgan fingerprint density at radius 2 is 0.920 bits per heavy atom. The van der Waals surface area contributed by atoms with Gasteiger partial charge >= 0.3 is 0 Å². The van der Waals surface area contributed by atoms with Gasteiger partial charge < -0.3 is 9.80 Å². The van der Waals surface area contributed by atoms with Crippen LogP contribution in [0.2, 0.25) is 13.1 Å². The minimum absolute atomic E-state index is 0.0282. The predicted octanol–water partition coefficient (Wildman–Crippen LogP) is 3.67. The number of nitrogens with zero attached hydrogens (tertiary/aromatic N) is 2. The summed E-state index contributed by atoms with van der Waals surface area (Å²) in [5, 5.41) is -0.0565. The second-order valence-electron chi connectivity index (χ2n) is 7.17. The number of carbonyl (C=O) groups excluding carboxylic acids is 2. The first-order chi connectivity index (χ1) is 11.6. The van der Waals surface area contributed by atoms with Crippen molar-refractivity contribution in [2.75, 3.05) is 38.0 Å². The standard InChI is InChI=1S/C20H26N2O2Si/c1-21(2)17-11-7-15(8-12-17)19(23)25(5,6)20(24)16-9-13-18(14-10-16)22(3)4/h7-14H,1-6H3. The summed E-state index contributed by atoms with van der Waals surface area (Å²) in [6.07, 6.45) is 0. The lowest BCUT2D eigenvalue weighted by atomic mass is 10.2. The lowest BCUT2D eigenvalue weighted by molar-refractivity contribution is 0.102. The molecule has 5 heteroatoms. The molecular formula is C20H26N2O2Si. The minimum atomic E-state index is -2.79. The third kappa shape index (κ3) is 3.99. The molecular weight excluding hydrogens is 328 g/mol. The summed E-state index contributed by atoms with van der Waals surface area (Å²) in [7, 11) is 5.03. The molecule has 0 saturated heterocycles. The summed E-state index contributed by atoms with van der Waals surface area (Å²) in [6.45, 7) is 3.66. The van der Waals surface area contributed by atoms with E-state index in [0.29, 0.717) is 11.1 Å². The summed E-state index contributed by atoms with van der Waals surface area (Å²) in [5.74, 6) is 0. The van der Waals surface area contributed by atoms with E-state index in [1.165, 1.54) is 0 Å². The fraction of sp³-hybridized carbons (Fsp3) is 0.300. The molecule has 0 N–H and O–H groups in total. The maximum Gasteiger partial charge on any atom is 0.214 e. The highest BCUT2D eigenvalue weighted by molar-refractivity contribution is 7.26. The molecule has 2 aromatic rings. The van der Waals surface area contributed by atoms with Crippen LogP contribution in [-0.2, 0) is 0 Å². The van der Waals surface area contributed by atoms with Crippen molar-refractivity contribution >= 4 is 30.3 Å². The lowest BCUT2D eigenvalue weighted by Crippen LogP contribution is -2.46. The quantitative estimate of drug-likeness (QED) is 0.742. The first-order valence-electron chi connectivity index (χ1n) is 8.29. The van der Waals surface area contributed by atoms with Crippen LogP contribution in [0.4, 0.5) is 11.4 Å². The van der Waals surface area contributed by atoms with E-state index in [4.69, 9.17) is 0 Å². The Balaban J connectivity index is 2.26. The molecule has 0 unspecified atom stereocenters. The Kier molecular flexibility index (Phi) is 5.47. The molecule has 0 saturated carbocycles. The second kappa shape index (κ2) is 7.23. The molecule has 0 bridgehead atoms. The van der Waals surface area contributed by atoms with E-state index in [9.17, 15) is 9.59 Å². The zero-order valence-electron chi connectivity index (χ0n) is 15.8. The molecule has 0 aromatic heterocycles. The Bertz CT molecular complexity index is 698. The zero-order chi connectivity index (χ0) is 18.8. The summed E-state index contributed by atoms with van der Waals surface area (Å²) < 4.78 is 0. The second-order valence-corrected chi connectivity index (χ2v) is 11.3. The monoisotopic (exact) mass is 354 g/mol. The molecule has 0 heterocycles. The molecule has 4 nitrogen and oxygen atoms in total. The SMILES string of the molecule is CN(C)c1ccc(C(=O)[Si](C)(C)C(=O)c2ccc(N(C)C)cc2)cc1. The highest BCUT2D eigenvalue weighted by Gasteiger charge is 2.40. The van der Waals surface area contributed by atoms with Crippen molar-refractivity contribution in [1.82, 2.24) is 0 Å². The molecule has 0 atom stereocenters. The number of carbonyl (C=O) groups is 2. The van der Waals surface area contributed by atoms with Gasteiger partial charge in [-0.3, -0.25) is 9.59 Å². The Labute approximate surface area is 151 Å². The lowest BCUT2D eigenvalue weighted by Gasteiger charge is -2.20. The summed E-state index contributed by atoms with van der Waals surface area (Å²) in [6, 6.07) is 14.9. The van der Waals surface area contributed by atoms with Gasteiger partial charge in [-0.2, -0.15) is 0 Å². The molecule has 132 valence electrons. The van der Waals surface area contributed by atoms with E-state index in [1.54, 1.807) is 0 Å². The number of rotatable bonds is 6.